The Bertz CT molecular complexity index is 469. The second-order valence-corrected chi connectivity index (χ2v) is 6.44. The zero-order valence-corrected chi connectivity index (χ0v) is 13.8. The van der Waals surface area contributed by atoms with E-state index >= 15 is 0 Å². The molecule has 0 radical (unpaired) electrons. The molecule has 0 aliphatic heterocycles. The molecule has 0 aromatic carbocycles. The van der Waals surface area contributed by atoms with E-state index in [2.05, 4.69) is 9.55 Å². The number of carboxylic acids is 1. The number of carboxylic acid groups (broad SMARTS) is 1. The van der Waals surface area contributed by atoms with Crippen LogP contribution >= 0.6 is 0 Å². The van der Waals surface area contributed by atoms with Gasteiger partial charge in [0.1, 0.15) is 0 Å². The van der Waals surface area contributed by atoms with Crippen LogP contribution in [0.4, 0.5) is 0 Å². The molecule has 0 bridgehead atoms. The Kier molecular flexibility index (Phi) is 7.55. The van der Waals surface area contributed by atoms with Crippen LogP contribution in [0.5, 0.6) is 0 Å². The molecule has 1 aliphatic carbocycles. The fourth-order valence-corrected chi connectivity index (χ4v) is 3.16. The highest BCUT2D eigenvalue weighted by Crippen LogP contribution is 2.26. The monoisotopic (exact) mass is 323 g/mol. The van der Waals surface area contributed by atoms with Gasteiger partial charge in [0.2, 0.25) is 0 Å². The van der Waals surface area contributed by atoms with Crippen molar-refractivity contribution in [3.63, 3.8) is 0 Å². The van der Waals surface area contributed by atoms with Gasteiger partial charge in [-0.25, -0.2) is 9.78 Å². The lowest BCUT2D eigenvalue weighted by Gasteiger charge is -2.21. The highest BCUT2D eigenvalue weighted by molar-refractivity contribution is 5.72. The summed E-state index contributed by atoms with van der Waals surface area (Å²) >= 11 is 0. The van der Waals surface area contributed by atoms with Crippen LogP contribution in [0.2, 0.25) is 0 Å². The first-order chi connectivity index (χ1) is 11.2. The van der Waals surface area contributed by atoms with Gasteiger partial charge in [0, 0.05) is 25.8 Å². The number of aliphatic carboxylic acids is 1. The Morgan fingerprint density at radius 3 is 2.91 bits per heavy atom. The van der Waals surface area contributed by atoms with Gasteiger partial charge in [-0.1, -0.05) is 32.1 Å². The molecule has 1 aromatic heterocycles. The molecular weight excluding hydrogens is 294 g/mol. The molecule has 0 unspecified atom stereocenters. The van der Waals surface area contributed by atoms with Gasteiger partial charge >= 0.3 is 5.97 Å². The van der Waals surface area contributed by atoms with Gasteiger partial charge < -0.3 is 20.1 Å². The fraction of sp³-hybridized carbons (Fsp3) is 0.765. The highest BCUT2D eigenvalue weighted by Gasteiger charge is 2.20. The second-order valence-electron chi connectivity index (χ2n) is 6.44. The Balaban J connectivity index is 1.78. The molecule has 0 spiro atoms. The smallest absolute Gasteiger partial charge is 0.333 e. The first-order valence-electron chi connectivity index (χ1n) is 8.74. The van der Waals surface area contributed by atoms with Crippen LogP contribution in [0.3, 0.4) is 0 Å². The summed E-state index contributed by atoms with van der Waals surface area (Å²) in [6, 6.07) is 0. The van der Waals surface area contributed by atoms with Gasteiger partial charge in [0.25, 0.3) is 0 Å². The lowest BCUT2D eigenvalue weighted by Crippen LogP contribution is -2.27. The van der Waals surface area contributed by atoms with Crippen molar-refractivity contribution < 1.29 is 14.6 Å². The number of imidazole rings is 1. The first-order valence-corrected chi connectivity index (χ1v) is 8.74. The topological polar surface area (TPSA) is 90.4 Å². The van der Waals surface area contributed by atoms with Crippen molar-refractivity contribution in [3.8, 4) is 0 Å². The zero-order valence-electron chi connectivity index (χ0n) is 13.8. The van der Waals surface area contributed by atoms with Crippen LogP contribution < -0.4 is 5.73 Å². The van der Waals surface area contributed by atoms with Crippen molar-refractivity contribution >= 4 is 5.97 Å². The van der Waals surface area contributed by atoms with E-state index in [-0.39, 0.29) is 0 Å². The number of aryl methyl sites for hydroxylation is 1. The van der Waals surface area contributed by atoms with E-state index in [9.17, 15) is 9.90 Å². The zero-order chi connectivity index (χ0) is 16.5. The van der Waals surface area contributed by atoms with Gasteiger partial charge in [0.05, 0.1) is 12.0 Å². The summed E-state index contributed by atoms with van der Waals surface area (Å²) in [5.74, 6) is -0.111. The molecule has 0 amide bonds. The van der Waals surface area contributed by atoms with Gasteiger partial charge in [-0.2, -0.15) is 0 Å². The molecule has 1 saturated carbocycles. The number of ether oxygens (including phenoxy) is 1. The van der Waals surface area contributed by atoms with E-state index in [1.54, 1.807) is 6.33 Å². The summed E-state index contributed by atoms with van der Waals surface area (Å²) in [4.78, 5) is 15.6. The van der Waals surface area contributed by atoms with Crippen molar-refractivity contribution in [3.05, 3.63) is 18.2 Å². The first kappa shape index (κ1) is 17.9. The summed E-state index contributed by atoms with van der Waals surface area (Å²) in [6.07, 6.45) is 11.9. The van der Waals surface area contributed by atoms with E-state index in [0.29, 0.717) is 26.0 Å². The number of nitrogens with two attached hydrogens (primary N) is 1. The molecule has 1 aromatic rings. The molecule has 1 aliphatic rings. The Morgan fingerprint density at radius 1 is 1.43 bits per heavy atom. The van der Waals surface area contributed by atoms with Crippen molar-refractivity contribution in [2.75, 3.05) is 13.2 Å². The molecule has 1 atom stereocenters. The number of rotatable bonds is 10. The van der Waals surface area contributed by atoms with Crippen molar-refractivity contribution in [2.45, 2.75) is 64.0 Å². The number of aromatic nitrogens is 2. The van der Waals surface area contributed by atoms with Crippen LogP contribution in [-0.4, -0.2) is 39.9 Å². The number of carbonyl (C=O) groups is 1. The Hall–Kier alpha value is -1.40. The lowest BCUT2D eigenvalue weighted by atomic mass is 9.87. The minimum absolute atomic E-state index is 0.302. The molecule has 2 rings (SSSR count). The molecule has 0 saturated heterocycles. The average Bonchev–Trinajstić information content (AvgIpc) is 3.00. The van der Waals surface area contributed by atoms with E-state index in [4.69, 9.17) is 10.5 Å². The molecular formula is C17H29N3O3. The number of hydrogen-bond donors (Lipinski definition) is 2. The highest BCUT2D eigenvalue weighted by atomic mass is 16.5. The van der Waals surface area contributed by atoms with Gasteiger partial charge in [-0.15, -0.1) is 0 Å². The molecule has 3 N–H and O–H groups in total. The second kappa shape index (κ2) is 9.67. The normalized spacial score (nSPS) is 17.3. The SMILES string of the molecule is NCCCO[C@@H](Cc1cn(CCC2CCCCC2)cn1)C(=O)O. The fourth-order valence-electron chi connectivity index (χ4n) is 3.16. The van der Waals surface area contributed by atoms with Gasteiger partial charge in [-0.05, 0) is 25.3 Å². The van der Waals surface area contributed by atoms with E-state index in [0.717, 1.165) is 18.2 Å². The molecule has 6 heteroatoms. The van der Waals surface area contributed by atoms with E-state index in [1.165, 1.54) is 38.5 Å². The van der Waals surface area contributed by atoms with E-state index in [1.807, 2.05) is 6.20 Å². The molecule has 23 heavy (non-hydrogen) atoms. The van der Waals surface area contributed by atoms with Crippen LogP contribution in [0, 0.1) is 5.92 Å². The summed E-state index contributed by atoms with van der Waals surface area (Å²) in [6.45, 7) is 1.83. The molecule has 6 nitrogen and oxygen atoms in total. The van der Waals surface area contributed by atoms with Crippen LogP contribution in [-0.2, 0) is 22.5 Å². The van der Waals surface area contributed by atoms with Gasteiger partial charge in [0.15, 0.2) is 6.10 Å². The molecule has 130 valence electrons. The largest absolute Gasteiger partial charge is 0.479 e. The van der Waals surface area contributed by atoms with Crippen LogP contribution in [0.25, 0.3) is 0 Å². The summed E-state index contributed by atoms with van der Waals surface area (Å²) in [5, 5.41) is 9.22. The Labute approximate surface area is 138 Å². The maximum Gasteiger partial charge on any atom is 0.333 e. The maximum absolute atomic E-state index is 11.2. The minimum atomic E-state index is -0.946. The summed E-state index contributed by atoms with van der Waals surface area (Å²) in [5.41, 5.74) is 6.17. The summed E-state index contributed by atoms with van der Waals surface area (Å²) in [7, 11) is 0. The third kappa shape index (κ3) is 6.31. The number of hydrogen-bond acceptors (Lipinski definition) is 4. The van der Waals surface area contributed by atoms with Crippen molar-refractivity contribution in [2.24, 2.45) is 11.7 Å². The van der Waals surface area contributed by atoms with Crippen molar-refractivity contribution in [1.82, 2.24) is 9.55 Å². The summed E-state index contributed by atoms with van der Waals surface area (Å²) < 4.78 is 7.46. The van der Waals surface area contributed by atoms with Crippen LogP contribution in [0.1, 0.15) is 50.6 Å². The number of nitrogens with zero attached hydrogens (tertiary/aromatic N) is 2. The predicted molar refractivity (Wildman–Crippen MR) is 88.2 cm³/mol. The van der Waals surface area contributed by atoms with E-state index < -0.39 is 12.1 Å². The Morgan fingerprint density at radius 2 is 2.22 bits per heavy atom. The maximum atomic E-state index is 11.2. The standard InChI is InChI=1S/C17H29N3O3/c18-8-4-10-23-16(17(21)22)11-15-12-20(13-19-15)9-7-14-5-2-1-3-6-14/h12-14,16H,1-11,18H2,(H,21,22)/t16-/m0/s1. The molecule has 1 heterocycles. The van der Waals surface area contributed by atoms with Gasteiger partial charge in [-0.3, -0.25) is 0 Å². The van der Waals surface area contributed by atoms with Crippen LogP contribution in [0.15, 0.2) is 12.5 Å². The quantitative estimate of drug-likeness (QED) is 0.644. The predicted octanol–water partition coefficient (Wildman–Crippen LogP) is 2.21. The van der Waals surface area contributed by atoms with Crippen molar-refractivity contribution in [1.29, 1.82) is 0 Å². The third-order valence-corrected chi connectivity index (χ3v) is 4.54. The minimum Gasteiger partial charge on any atom is -0.479 e. The molecule has 1 fully saturated rings. The third-order valence-electron chi connectivity index (χ3n) is 4.54. The lowest BCUT2D eigenvalue weighted by molar-refractivity contribution is -0.150. The average molecular weight is 323 g/mol.